The first-order valence-corrected chi connectivity index (χ1v) is 6.48. The first-order chi connectivity index (χ1) is 7.59. The Kier molecular flexibility index (Phi) is 2.67. The Balaban J connectivity index is 2.06. The van der Waals surface area contributed by atoms with Crippen molar-refractivity contribution in [3.8, 4) is 6.07 Å². The second-order valence-corrected chi connectivity index (χ2v) is 5.53. The number of hydrogen-bond donors (Lipinski definition) is 1. The van der Waals surface area contributed by atoms with E-state index < -0.39 is 9.84 Å². The Bertz CT molecular complexity index is 553. The number of sulfone groups is 1. The zero-order valence-corrected chi connectivity index (χ0v) is 9.24. The van der Waals surface area contributed by atoms with Crippen LogP contribution in [-0.4, -0.2) is 20.2 Å². The van der Waals surface area contributed by atoms with Gasteiger partial charge in [0.25, 0.3) is 0 Å². The van der Waals surface area contributed by atoms with E-state index in [4.69, 9.17) is 5.26 Å². The van der Waals surface area contributed by atoms with Gasteiger partial charge in [0.1, 0.15) is 0 Å². The molecule has 0 bridgehead atoms. The Hall–Kier alpha value is -1.80. The standard InChI is InChI=1S/C11H10N2O2S/c12-7-9-1-3-10(4-2-9)13-11-5-6-16(14,15)8-11/h1-6,11,13H,8H2. The van der Waals surface area contributed by atoms with Crippen molar-refractivity contribution in [2.45, 2.75) is 6.04 Å². The molecule has 1 aliphatic rings. The number of nitriles is 1. The van der Waals surface area contributed by atoms with Crippen molar-refractivity contribution in [2.75, 3.05) is 11.1 Å². The van der Waals surface area contributed by atoms with Gasteiger partial charge < -0.3 is 5.32 Å². The largest absolute Gasteiger partial charge is 0.378 e. The first kappa shape index (κ1) is 10.7. The number of hydrogen-bond acceptors (Lipinski definition) is 4. The van der Waals surface area contributed by atoms with Gasteiger partial charge in [0.05, 0.1) is 23.4 Å². The number of nitrogens with zero attached hydrogens (tertiary/aromatic N) is 1. The van der Waals surface area contributed by atoms with E-state index in [1.165, 1.54) is 5.41 Å². The van der Waals surface area contributed by atoms with Gasteiger partial charge in [-0.2, -0.15) is 5.26 Å². The molecule has 1 atom stereocenters. The molecule has 0 fully saturated rings. The molecule has 0 aromatic heterocycles. The Morgan fingerprint density at radius 2 is 2.00 bits per heavy atom. The van der Waals surface area contributed by atoms with Gasteiger partial charge in [-0.05, 0) is 24.3 Å². The van der Waals surface area contributed by atoms with Gasteiger partial charge in [-0.15, -0.1) is 0 Å². The number of nitrogens with one attached hydrogen (secondary N) is 1. The molecule has 2 rings (SSSR count). The molecule has 0 aliphatic carbocycles. The van der Waals surface area contributed by atoms with Crippen LogP contribution in [0.15, 0.2) is 35.7 Å². The van der Waals surface area contributed by atoms with Crippen LogP contribution in [0.2, 0.25) is 0 Å². The van der Waals surface area contributed by atoms with Gasteiger partial charge in [0.2, 0.25) is 0 Å². The SMILES string of the molecule is N#Cc1ccc(NC2C=CS(=O)(=O)C2)cc1. The Morgan fingerprint density at radius 3 is 2.50 bits per heavy atom. The maximum atomic E-state index is 11.2. The normalized spacial score (nSPS) is 21.6. The molecule has 1 aliphatic heterocycles. The van der Waals surface area contributed by atoms with Crippen LogP contribution in [0.5, 0.6) is 0 Å². The highest BCUT2D eigenvalue weighted by atomic mass is 32.2. The van der Waals surface area contributed by atoms with Crippen molar-refractivity contribution < 1.29 is 8.42 Å². The van der Waals surface area contributed by atoms with Gasteiger partial charge in [-0.3, -0.25) is 0 Å². The molecule has 0 saturated heterocycles. The molecule has 1 aromatic rings. The van der Waals surface area contributed by atoms with E-state index in [1.807, 2.05) is 6.07 Å². The van der Waals surface area contributed by atoms with Crippen molar-refractivity contribution in [3.05, 3.63) is 41.3 Å². The third kappa shape index (κ3) is 2.41. The summed E-state index contributed by atoms with van der Waals surface area (Å²) in [6.07, 6.45) is 1.63. The summed E-state index contributed by atoms with van der Waals surface area (Å²) in [4.78, 5) is 0. The lowest BCUT2D eigenvalue weighted by atomic mass is 10.2. The Labute approximate surface area is 94.1 Å². The van der Waals surface area contributed by atoms with E-state index in [1.54, 1.807) is 30.3 Å². The molecule has 82 valence electrons. The molecule has 1 N–H and O–H groups in total. The highest BCUT2D eigenvalue weighted by Gasteiger charge is 2.21. The molecule has 16 heavy (non-hydrogen) atoms. The van der Waals surface area contributed by atoms with Crippen LogP contribution in [0.1, 0.15) is 5.56 Å². The average molecular weight is 234 g/mol. The smallest absolute Gasteiger partial charge is 0.173 e. The summed E-state index contributed by atoms with van der Waals surface area (Å²) in [6, 6.07) is 8.74. The van der Waals surface area contributed by atoms with Gasteiger partial charge >= 0.3 is 0 Å². The maximum absolute atomic E-state index is 11.2. The maximum Gasteiger partial charge on any atom is 0.173 e. The molecule has 0 saturated carbocycles. The van der Waals surface area contributed by atoms with Crippen LogP contribution in [0.3, 0.4) is 0 Å². The van der Waals surface area contributed by atoms with Crippen LogP contribution >= 0.6 is 0 Å². The summed E-state index contributed by atoms with van der Waals surface area (Å²) < 4.78 is 22.3. The van der Waals surface area contributed by atoms with Crippen LogP contribution in [0.4, 0.5) is 5.69 Å². The molecular formula is C11H10N2O2S. The van der Waals surface area contributed by atoms with E-state index in [0.29, 0.717) is 5.56 Å². The number of rotatable bonds is 2. The van der Waals surface area contributed by atoms with Gasteiger partial charge in [-0.1, -0.05) is 6.08 Å². The minimum atomic E-state index is -3.02. The lowest BCUT2D eigenvalue weighted by Crippen LogP contribution is -2.20. The zero-order chi connectivity index (χ0) is 11.6. The summed E-state index contributed by atoms with van der Waals surface area (Å²) in [6.45, 7) is 0. The predicted octanol–water partition coefficient (Wildman–Crippen LogP) is 1.28. The molecule has 1 unspecified atom stereocenters. The van der Waals surface area contributed by atoms with Crippen LogP contribution < -0.4 is 5.32 Å². The van der Waals surface area contributed by atoms with Crippen molar-refractivity contribution in [2.24, 2.45) is 0 Å². The summed E-state index contributed by atoms with van der Waals surface area (Å²) >= 11 is 0. The molecule has 1 heterocycles. The Morgan fingerprint density at radius 1 is 1.31 bits per heavy atom. The fraction of sp³-hybridized carbons (Fsp3) is 0.182. The summed E-state index contributed by atoms with van der Waals surface area (Å²) in [5.41, 5.74) is 1.39. The number of anilines is 1. The second-order valence-electron chi connectivity index (χ2n) is 3.60. The van der Waals surface area contributed by atoms with Crippen molar-refractivity contribution in [1.82, 2.24) is 0 Å². The van der Waals surface area contributed by atoms with E-state index in [-0.39, 0.29) is 11.8 Å². The minimum absolute atomic E-state index is 0.0903. The summed E-state index contributed by atoms with van der Waals surface area (Å²) in [5, 5.41) is 12.9. The highest BCUT2D eigenvalue weighted by Crippen LogP contribution is 2.15. The molecule has 5 heteroatoms. The van der Waals surface area contributed by atoms with Crippen molar-refractivity contribution in [1.29, 1.82) is 5.26 Å². The van der Waals surface area contributed by atoms with E-state index >= 15 is 0 Å². The van der Waals surface area contributed by atoms with Gasteiger partial charge in [0.15, 0.2) is 9.84 Å². The fourth-order valence-corrected chi connectivity index (χ4v) is 2.76. The summed E-state index contributed by atoms with van der Waals surface area (Å²) in [7, 11) is -3.02. The summed E-state index contributed by atoms with van der Waals surface area (Å²) in [5.74, 6) is 0.0903. The first-order valence-electron chi connectivity index (χ1n) is 4.77. The lowest BCUT2D eigenvalue weighted by molar-refractivity contribution is 0.605. The molecule has 0 radical (unpaired) electrons. The second kappa shape index (κ2) is 3.99. The third-order valence-corrected chi connectivity index (χ3v) is 3.69. The third-order valence-electron chi connectivity index (χ3n) is 2.30. The van der Waals surface area contributed by atoms with Crippen LogP contribution in [-0.2, 0) is 9.84 Å². The van der Waals surface area contributed by atoms with E-state index in [9.17, 15) is 8.42 Å². The topological polar surface area (TPSA) is 70.0 Å². The molecule has 4 nitrogen and oxygen atoms in total. The van der Waals surface area contributed by atoms with Crippen LogP contribution in [0.25, 0.3) is 0 Å². The van der Waals surface area contributed by atoms with E-state index in [2.05, 4.69) is 5.32 Å². The highest BCUT2D eigenvalue weighted by molar-refractivity contribution is 7.94. The average Bonchev–Trinajstić information content (AvgIpc) is 2.59. The zero-order valence-electron chi connectivity index (χ0n) is 8.42. The quantitative estimate of drug-likeness (QED) is 0.836. The molecule has 0 spiro atoms. The van der Waals surface area contributed by atoms with Crippen molar-refractivity contribution in [3.63, 3.8) is 0 Å². The van der Waals surface area contributed by atoms with Crippen LogP contribution in [0, 0.1) is 11.3 Å². The minimum Gasteiger partial charge on any atom is -0.378 e. The number of benzene rings is 1. The van der Waals surface area contributed by atoms with E-state index in [0.717, 1.165) is 5.69 Å². The monoisotopic (exact) mass is 234 g/mol. The fourth-order valence-electron chi connectivity index (χ4n) is 1.52. The van der Waals surface area contributed by atoms with Gasteiger partial charge in [0, 0.05) is 11.1 Å². The molecule has 0 amide bonds. The predicted molar refractivity (Wildman–Crippen MR) is 61.5 cm³/mol. The lowest BCUT2D eigenvalue weighted by Gasteiger charge is -2.10. The molecule has 1 aromatic carbocycles. The molecular weight excluding hydrogens is 224 g/mol. The van der Waals surface area contributed by atoms with Gasteiger partial charge in [-0.25, -0.2) is 8.42 Å². The van der Waals surface area contributed by atoms with Crippen molar-refractivity contribution >= 4 is 15.5 Å².